The van der Waals surface area contributed by atoms with Gasteiger partial charge in [0.1, 0.15) is 11.6 Å². The number of benzene rings is 1. The Balaban J connectivity index is 3.02. The van der Waals surface area contributed by atoms with Crippen LogP contribution >= 0.6 is 11.8 Å². The molecule has 0 unspecified atom stereocenters. The van der Waals surface area contributed by atoms with Crippen LogP contribution in [0.3, 0.4) is 0 Å². The van der Waals surface area contributed by atoms with Gasteiger partial charge in [-0.3, -0.25) is 4.79 Å². The van der Waals surface area contributed by atoms with Crippen LogP contribution in [0.15, 0.2) is 23.1 Å². The SMILES string of the molecule is CC(=O)Cc1cc(F)ccc1SC(F)(F)F. The number of ketones is 1. The minimum atomic E-state index is -4.44. The van der Waals surface area contributed by atoms with E-state index in [0.29, 0.717) is 0 Å². The Bertz CT molecular complexity index is 400. The highest BCUT2D eigenvalue weighted by Gasteiger charge is 2.30. The summed E-state index contributed by atoms with van der Waals surface area (Å²) in [6.45, 7) is 1.24. The first kappa shape index (κ1) is 13.0. The molecule has 0 saturated carbocycles. The predicted molar refractivity (Wildman–Crippen MR) is 52.7 cm³/mol. The first-order valence-corrected chi connectivity index (χ1v) is 5.13. The van der Waals surface area contributed by atoms with Gasteiger partial charge in [0.25, 0.3) is 0 Å². The van der Waals surface area contributed by atoms with Gasteiger partial charge in [-0.2, -0.15) is 13.2 Å². The van der Waals surface area contributed by atoms with Crippen LogP contribution in [-0.4, -0.2) is 11.3 Å². The van der Waals surface area contributed by atoms with Crippen molar-refractivity contribution < 1.29 is 22.4 Å². The van der Waals surface area contributed by atoms with Crippen LogP contribution in [0.25, 0.3) is 0 Å². The molecule has 88 valence electrons. The number of Topliss-reactive ketones (excluding diaryl/α,β-unsaturated/α-hetero) is 1. The normalized spacial score (nSPS) is 11.6. The smallest absolute Gasteiger partial charge is 0.300 e. The molecule has 0 N–H and O–H groups in total. The van der Waals surface area contributed by atoms with E-state index in [1.807, 2.05) is 0 Å². The quantitative estimate of drug-likeness (QED) is 0.604. The van der Waals surface area contributed by atoms with Crippen LogP contribution in [0.1, 0.15) is 12.5 Å². The molecule has 0 atom stereocenters. The van der Waals surface area contributed by atoms with Crippen LogP contribution in [-0.2, 0) is 11.2 Å². The number of alkyl halides is 3. The molecule has 0 aliphatic heterocycles. The zero-order chi connectivity index (χ0) is 12.3. The van der Waals surface area contributed by atoms with E-state index in [9.17, 15) is 22.4 Å². The number of rotatable bonds is 3. The molecule has 0 heterocycles. The van der Waals surface area contributed by atoms with Gasteiger partial charge in [0.05, 0.1) is 0 Å². The average Bonchev–Trinajstić information content (AvgIpc) is 2.06. The maximum absolute atomic E-state index is 12.8. The first-order chi connectivity index (χ1) is 7.28. The van der Waals surface area contributed by atoms with E-state index in [2.05, 4.69) is 0 Å². The van der Waals surface area contributed by atoms with Gasteiger partial charge in [-0.25, -0.2) is 4.39 Å². The van der Waals surface area contributed by atoms with E-state index in [0.717, 1.165) is 18.2 Å². The third-order valence-electron chi connectivity index (χ3n) is 1.69. The van der Waals surface area contributed by atoms with Crippen molar-refractivity contribution in [1.29, 1.82) is 0 Å². The van der Waals surface area contributed by atoms with Crippen molar-refractivity contribution in [2.45, 2.75) is 23.7 Å². The molecule has 1 aromatic carbocycles. The van der Waals surface area contributed by atoms with Crippen molar-refractivity contribution in [3.63, 3.8) is 0 Å². The van der Waals surface area contributed by atoms with Crippen LogP contribution in [0.2, 0.25) is 0 Å². The van der Waals surface area contributed by atoms with E-state index < -0.39 is 11.3 Å². The Morgan fingerprint density at radius 1 is 1.38 bits per heavy atom. The Labute approximate surface area is 93.8 Å². The fraction of sp³-hybridized carbons (Fsp3) is 0.300. The molecule has 0 fully saturated rings. The first-order valence-electron chi connectivity index (χ1n) is 4.31. The second kappa shape index (κ2) is 4.86. The van der Waals surface area contributed by atoms with Gasteiger partial charge in [-0.1, -0.05) is 0 Å². The Hall–Kier alpha value is -1.04. The van der Waals surface area contributed by atoms with Gasteiger partial charge < -0.3 is 0 Å². The van der Waals surface area contributed by atoms with Gasteiger partial charge in [0.15, 0.2) is 0 Å². The molecule has 0 aromatic heterocycles. The van der Waals surface area contributed by atoms with Crippen molar-refractivity contribution in [2.24, 2.45) is 0 Å². The molecular weight excluding hydrogens is 244 g/mol. The van der Waals surface area contributed by atoms with E-state index in [1.54, 1.807) is 0 Å². The highest BCUT2D eigenvalue weighted by atomic mass is 32.2. The molecule has 0 radical (unpaired) electrons. The van der Waals surface area contributed by atoms with Crippen LogP contribution in [0.5, 0.6) is 0 Å². The minimum Gasteiger partial charge on any atom is -0.300 e. The summed E-state index contributed by atoms with van der Waals surface area (Å²) in [5.74, 6) is -0.961. The molecule has 1 nitrogen and oxygen atoms in total. The summed E-state index contributed by atoms with van der Waals surface area (Å²) in [4.78, 5) is 10.7. The molecular formula is C10H8F4OS. The van der Waals surface area contributed by atoms with Gasteiger partial charge in [0, 0.05) is 11.3 Å². The second-order valence-corrected chi connectivity index (χ2v) is 4.29. The molecule has 0 amide bonds. The topological polar surface area (TPSA) is 17.1 Å². The summed E-state index contributed by atoms with van der Waals surface area (Å²) >= 11 is -0.341. The maximum Gasteiger partial charge on any atom is 0.446 e. The van der Waals surface area contributed by atoms with E-state index >= 15 is 0 Å². The lowest BCUT2D eigenvalue weighted by atomic mass is 10.1. The highest BCUT2D eigenvalue weighted by Crippen LogP contribution is 2.38. The van der Waals surface area contributed by atoms with Crippen LogP contribution < -0.4 is 0 Å². The van der Waals surface area contributed by atoms with Crippen LogP contribution in [0, 0.1) is 5.82 Å². The molecule has 16 heavy (non-hydrogen) atoms. The van der Waals surface area contributed by atoms with Crippen molar-refractivity contribution in [2.75, 3.05) is 0 Å². The number of thioether (sulfide) groups is 1. The molecule has 6 heteroatoms. The van der Waals surface area contributed by atoms with Crippen molar-refractivity contribution in [1.82, 2.24) is 0 Å². The molecule has 0 spiro atoms. The molecule has 1 aromatic rings. The zero-order valence-electron chi connectivity index (χ0n) is 8.27. The summed E-state index contributed by atoms with van der Waals surface area (Å²) in [7, 11) is 0. The lowest BCUT2D eigenvalue weighted by molar-refractivity contribution is -0.116. The predicted octanol–water partition coefficient (Wildman–Crippen LogP) is 3.57. The van der Waals surface area contributed by atoms with Crippen LogP contribution in [0.4, 0.5) is 17.6 Å². The largest absolute Gasteiger partial charge is 0.446 e. The average molecular weight is 252 g/mol. The van der Waals surface area contributed by atoms with Crippen molar-refractivity contribution >= 4 is 17.5 Å². The summed E-state index contributed by atoms with van der Waals surface area (Å²) in [5, 5.41) is 0. The molecule has 0 aliphatic rings. The highest BCUT2D eigenvalue weighted by molar-refractivity contribution is 8.00. The number of halogens is 4. The molecule has 0 saturated heterocycles. The number of carbonyl (C=O) groups excluding carboxylic acids is 1. The van der Waals surface area contributed by atoms with Gasteiger partial charge in [0.2, 0.25) is 0 Å². The van der Waals surface area contributed by atoms with Crippen molar-refractivity contribution in [3.8, 4) is 0 Å². The van der Waals surface area contributed by atoms with Crippen molar-refractivity contribution in [3.05, 3.63) is 29.6 Å². The minimum absolute atomic E-state index is 0.0647. The summed E-state index contributed by atoms with van der Waals surface area (Å²) in [5.41, 5.74) is -4.38. The Morgan fingerprint density at radius 2 is 2.00 bits per heavy atom. The van der Waals surface area contributed by atoms with E-state index in [1.165, 1.54) is 6.92 Å². The maximum atomic E-state index is 12.8. The summed E-state index contributed by atoms with van der Waals surface area (Å²) < 4.78 is 49.3. The number of hydrogen-bond donors (Lipinski definition) is 0. The fourth-order valence-corrected chi connectivity index (χ4v) is 1.83. The molecule has 0 bridgehead atoms. The third-order valence-corrected chi connectivity index (χ3v) is 2.54. The Morgan fingerprint density at radius 3 is 2.50 bits per heavy atom. The number of carbonyl (C=O) groups is 1. The van der Waals surface area contributed by atoms with Gasteiger partial charge in [-0.15, -0.1) is 0 Å². The molecule has 0 aliphatic carbocycles. The van der Waals surface area contributed by atoms with E-state index in [-0.39, 0.29) is 34.4 Å². The summed E-state index contributed by atoms with van der Waals surface area (Å²) in [6, 6.07) is 2.93. The summed E-state index contributed by atoms with van der Waals surface area (Å²) in [6.07, 6.45) is -0.198. The van der Waals surface area contributed by atoms with E-state index in [4.69, 9.17) is 0 Å². The van der Waals surface area contributed by atoms with Gasteiger partial charge in [-0.05, 0) is 42.4 Å². The monoisotopic (exact) mass is 252 g/mol. The third kappa shape index (κ3) is 4.22. The lowest BCUT2D eigenvalue weighted by Gasteiger charge is -2.10. The fourth-order valence-electron chi connectivity index (χ4n) is 1.18. The lowest BCUT2D eigenvalue weighted by Crippen LogP contribution is -2.04. The Kier molecular flexibility index (Phi) is 3.96. The molecule has 1 rings (SSSR count). The zero-order valence-corrected chi connectivity index (χ0v) is 9.08. The standard InChI is InChI=1S/C10H8F4OS/c1-6(15)4-7-5-8(11)2-3-9(7)16-10(12,13)14/h2-3,5H,4H2,1H3. The second-order valence-electron chi connectivity index (χ2n) is 3.18. The number of hydrogen-bond acceptors (Lipinski definition) is 2. The van der Waals surface area contributed by atoms with Gasteiger partial charge >= 0.3 is 5.51 Å².